The fourth-order valence-corrected chi connectivity index (χ4v) is 2.75. The van der Waals surface area contributed by atoms with Crippen molar-refractivity contribution in [3.05, 3.63) is 63.6 Å². The van der Waals surface area contributed by atoms with E-state index in [4.69, 9.17) is 0 Å². The summed E-state index contributed by atoms with van der Waals surface area (Å²) in [6.45, 7) is 4.21. The fourth-order valence-electron chi connectivity index (χ4n) is 2.35. The highest BCUT2D eigenvalue weighted by Gasteiger charge is 2.15. The number of anilines is 1. The predicted molar refractivity (Wildman–Crippen MR) is 83.5 cm³/mol. The molecule has 0 fully saturated rings. The summed E-state index contributed by atoms with van der Waals surface area (Å²) < 4.78 is 1.000. The largest absolute Gasteiger partial charge is 0.394 e. The Morgan fingerprint density at radius 2 is 1.68 bits per heavy atom. The van der Waals surface area contributed by atoms with E-state index in [1.165, 1.54) is 16.7 Å². The van der Waals surface area contributed by atoms with Gasteiger partial charge in [0.1, 0.15) is 0 Å². The standard InChI is InChI=1S/C16H18BrNO/c1-11-6-5-7-12(2)16(11)15(10-19)18-14-9-4-3-8-13(14)17/h3-9,15,18-19H,10H2,1-2H3. The Morgan fingerprint density at radius 3 is 2.26 bits per heavy atom. The van der Waals surface area contributed by atoms with Gasteiger partial charge in [-0.1, -0.05) is 30.3 Å². The van der Waals surface area contributed by atoms with Crippen LogP contribution in [0, 0.1) is 13.8 Å². The van der Waals surface area contributed by atoms with E-state index in [9.17, 15) is 5.11 Å². The molecule has 0 aliphatic carbocycles. The molecule has 2 nitrogen and oxygen atoms in total. The number of benzene rings is 2. The summed E-state index contributed by atoms with van der Waals surface area (Å²) in [6, 6.07) is 14.0. The fraction of sp³-hybridized carbons (Fsp3) is 0.250. The third-order valence-electron chi connectivity index (χ3n) is 3.28. The van der Waals surface area contributed by atoms with Crippen LogP contribution >= 0.6 is 15.9 Å². The molecule has 2 rings (SSSR count). The van der Waals surface area contributed by atoms with Crippen LogP contribution in [0.15, 0.2) is 46.9 Å². The van der Waals surface area contributed by atoms with Crippen LogP contribution in [0.2, 0.25) is 0 Å². The molecule has 0 saturated heterocycles. The first-order valence-electron chi connectivity index (χ1n) is 6.31. The molecule has 0 amide bonds. The Bertz CT molecular complexity index is 548. The Morgan fingerprint density at radius 1 is 1.05 bits per heavy atom. The molecule has 0 aromatic heterocycles. The van der Waals surface area contributed by atoms with Crippen molar-refractivity contribution in [2.24, 2.45) is 0 Å². The van der Waals surface area contributed by atoms with E-state index < -0.39 is 0 Å². The molecule has 0 heterocycles. The molecule has 1 atom stereocenters. The SMILES string of the molecule is Cc1cccc(C)c1C(CO)Nc1ccccc1Br. The lowest BCUT2D eigenvalue weighted by molar-refractivity contribution is 0.275. The molecule has 2 aromatic carbocycles. The number of para-hydroxylation sites is 1. The molecule has 0 spiro atoms. The maximum absolute atomic E-state index is 9.70. The van der Waals surface area contributed by atoms with Crippen LogP contribution in [0.25, 0.3) is 0 Å². The second kappa shape index (κ2) is 6.22. The maximum atomic E-state index is 9.70. The first-order valence-corrected chi connectivity index (χ1v) is 7.11. The zero-order valence-electron chi connectivity index (χ0n) is 11.2. The Kier molecular flexibility index (Phi) is 4.61. The molecular weight excluding hydrogens is 302 g/mol. The van der Waals surface area contributed by atoms with E-state index >= 15 is 0 Å². The van der Waals surface area contributed by atoms with E-state index in [0.717, 1.165) is 10.2 Å². The summed E-state index contributed by atoms with van der Waals surface area (Å²) in [4.78, 5) is 0. The summed E-state index contributed by atoms with van der Waals surface area (Å²) in [6.07, 6.45) is 0. The second-order valence-corrected chi connectivity index (χ2v) is 5.52. The normalized spacial score (nSPS) is 12.2. The van der Waals surface area contributed by atoms with Crippen LogP contribution in [-0.4, -0.2) is 11.7 Å². The first-order chi connectivity index (χ1) is 9.13. The monoisotopic (exact) mass is 319 g/mol. The van der Waals surface area contributed by atoms with Crippen molar-refractivity contribution in [1.29, 1.82) is 0 Å². The van der Waals surface area contributed by atoms with Crippen LogP contribution < -0.4 is 5.32 Å². The minimum Gasteiger partial charge on any atom is -0.394 e. The molecule has 1 unspecified atom stereocenters. The molecule has 2 aromatic rings. The van der Waals surface area contributed by atoms with E-state index in [2.05, 4.69) is 47.2 Å². The Labute approximate surface area is 122 Å². The minimum absolute atomic E-state index is 0.0625. The highest BCUT2D eigenvalue weighted by Crippen LogP contribution is 2.29. The summed E-state index contributed by atoms with van der Waals surface area (Å²) in [7, 11) is 0. The van der Waals surface area contributed by atoms with E-state index in [1.807, 2.05) is 30.3 Å². The molecule has 0 aliphatic rings. The average Bonchev–Trinajstić information content (AvgIpc) is 2.39. The molecule has 3 heteroatoms. The van der Waals surface area contributed by atoms with Crippen molar-refractivity contribution in [2.45, 2.75) is 19.9 Å². The van der Waals surface area contributed by atoms with Crippen LogP contribution in [0.3, 0.4) is 0 Å². The van der Waals surface area contributed by atoms with Crippen LogP contribution in [0.5, 0.6) is 0 Å². The number of aliphatic hydroxyl groups excluding tert-OH is 1. The molecule has 0 radical (unpaired) electrons. The van der Waals surface area contributed by atoms with E-state index in [1.54, 1.807) is 0 Å². The smallest absolute Gasteiger partial charge is 0.0750 e. The number of rotatable bonds is 4. The van der Waals surface area contributed by atoms with Gasteiger partial charge in [-0.2, -0.15) is 0 Å². The van der Waals surface area contributed by atoms with Gasteiger partial charge in [-0.15, -0.1) is 0 Å². The number of aliphatic hydroxyl groups is 1. The van der Waals surface area contributed by atoms with Crippen LogP contribution in [0.4, 0.5) is 5.69 Å². The number of hydrogen-bond donors (Lipinski definition) is 2. The maximum Gasteiger partial charge on any atom is 0.0750 e. The summed E-state index contributed by atoms with van der Waals surface area (Å²) >= 11 is 3.52. The molecule has 2 N–H and O–H groups in total. The van der Waals surface area contributed by atoms with Gasteiger partial charge in [0.2, 0.25) is 0 Å². The molecule has 0 bridgehead atoms. The number of hydrogen-bond acceptors (Lipinski definition) is 2. The summed E-state index contributed by atoms with van der Waals surface area (Å²) in [5, 5.41) is 13.1. The number of aryl methyl sites for hydroxylation is 2. The molecule has 0 saturated carbocycles. The van der Waals surface area contributed by atoms with Crippen molar-refractivity contribution in [2.75, 3.05) is 11.9 Å². The van der Waals surface area contributed by atoms with Gasteiger partial charge in [0.15, 0.2) is 0 Å². The number of nitrogens with one attached hydrogen (secondary N) is 1. The first kappa shape index (κ1) is 14.1. The van der Waals surface area contributed by atoms with Crippen molar-refractivity contribution in [3.63, 3.8) is 0 Å². The Balaban J connectivity index is 2.34. The van der Waals surface area contributed by atoms with Crippen molar-refractivity contribution >= 4 is 21.6 Å². The van der Waals surface area contributed by atoms with Gasteiger partial charge in [-0.05, 0) is 58.6 Å². The van der Waals surface area contributed by atoms with Gasteiger partial charge in [0, 0.05) is 10.2 Å². The molecule has 100 valence electrons. The quantitative estimate of drug-likeness (QED) is 0.884. The van der Waals surface area contributed by atoms with Crippen molar-refractivity contribution in [3.8, 4) is 0 Å². The lowest BCUT2D eigenvalue weighted by Crippen LogP contribution is -2.17. The molecule has 0 aliphatic heterocycles. The topological polar surface area (TPSA) is 32.3 Å². The summed E-state index contributed by atoms with van der Waals surface area (Å²) in [5.41, 5.74) is 4.54. The lowest BCUT2D eigenvalue weighted by atomic mass is 9.96. The zero-order valence-corrected chi connectivity index (χ0v) is 12.7. The molecular formula is C16H18BrNO. The Hall–Kier alpha value is -1.32. The third-order valence-corrected chi connectivity index (χ3v) is 3.97. The van der Waals surface area contributed by atoms with Crippen molar-refractivity contribution < 1.29 is 5.11 Å². The highest BCUT2D eigenvalue weighted by molar-refractivity contribution is 9.10. The van der Waals surface area contributed by atoms with Gasteiger partial charge in [-0.3, -0.25) is 0 Å². The van der Waals surface area contributed by atoms with Crippen LogP contribution in [-0.2, 0) is 0 Å². The van der Waals surface area contributed by atoms with E-state index in [-0.39, 0.29) is 12.6 Å². The predicted octanol–water partition coefficient (Wildman–Crippen LogP) is 4.21. The van der Waals surface area contributed by atoms with Gasteiger partial charge >= 0.3 is 0 Å². The zero-order chi connectivity index (χ0) is 13.8. The number of halogens is 1. The highest BCUT2D eigenvalue weighted by atomic mass is 79.9. The lowest BCUT2D eigenvalue weighted by Gasteiger charge is -2.22. The summed E-state index contributed by atoms with van der Waals surface area (Å²) in [5.74, 6) is 0. The third kappa shape index (κ3) is 3.17. The minimum atomic E-state index is -0.0973. The van der Waals surface area contributed by atoms with Gasteiger partial charge in [0.25, 0.3) is 0 Å². The van der Waals surface area contributed by atoms with Gasteiger partial charge in [0.05, 0.1) is 12.6 Å². The second-order valence-electron chi connectivity index (χ2n) is 4.66. The molecule has 19 heavy (non-hydrogen) atoms. The van der Waals surface area contributed by atoms with Crippen molar-refractivity contribution in [1.82, 2.24) is 0 Å². The van der Waals surface area contributed by atoms with Gasteiger partial charge in [-0.25, -0.2) is 0 Å². The van der Waals surface area contributed by atoms with Crippen LogP contribution in [0.1, 0.15) is 22.7 Å². The van der Waals surface area contributed by atoms with E-state index in [0.29, 0.717) is 0 Å². The average molecular weight is 320 g/mol. The van der Waals surface area contributed by atoms with Gasteiger partial charge < -0.3 is 10.4 Å².